The van der Waals surface area contributed by atoms with Crippen LogP contribution in [0.3, 0.4) is 0 Å². The Labute approximate surface area is 92.8 Å². The van der Waals surface area contributed by atoms with Gasteiger partial charge in [0, 0.05) is 6.42 Å². The highest BCUT2D eigenvalue weighted by molar-refractivity contribution is 7.12. The molecule has 1 heterocycles. The predicted octanol–water partition coefficient (Wildman–Crippen LogP) is 2.80. The van der Waals surface area contributed by atoms with E-state index < -0.39 is 0 Å². The van der Waals surface area contributed by atoms with Gasteiger partial charge in [-0.1, -0.05) is 30.3 Å². The van der Waals surface area contributed by atoms with Gasteiger partial charge in [0.15, 0.2) is 0 Å². The molecule has 0 fully saturated rings. The Bertz CT molecular complexity index is 468. The van der Waals surface area contributed by atoms with Crippen molar-refractivity contribution in [3.8, 4) is 6.07 Å². The maximum atomic E-state index is 8.66. The smallest absolute Gasteiger partial charge is 0.124 e. The molecule has 3 heteroatoms. The topological polar surface area (TPSA) is 36.7 Å². The minimum atomic E-state index is 0.693. The van der Waals surface area contributed by atoms with E-state index in [9.17, 15) is 0 Å². The molecule has 0 radical (unpaired) electrons. The fourth-order valence-electron chi connectivity index (χ4n) is 1.37. The van der Waals surface area contributed by atoms with Gasteiger partial charge in [0.25, 0.3) is 0 Å². The van der Waals surface area contributed by atoms with Gasteiger partial charge in [-0.25, -0.2) is 4.98 Å². The van der Waals surface area contributed by atoms with Gasteiger partial charge in [0.05, 0.1) is 11.2 Å². The summed E-state index contributed by atoms with van der Waals surface area (Å²) in [5, 5.41) is 9.69. The van der Waals surface area contributed by atoms with Gasteiger partial charge >= 0.3 is 0 Å². The molecule has 1 aromatic carbocycles. The summed E-state index contributed by atoms with van der Waals surface area (Å²) in [5.41, 5.74) is 1.31. The third-order valence-electron chi connectivity index (χ3n) is 2.13. The summed E-state index contributed by atoms with van der Waals surface area (Å²) in [6, 6.07) is 12.4. The fourth-order valence-corrected chi connectivity index (χ4v) is 2.09. The van der Waals surface area contributed by atoms with Crippen LogP contribution in [0.4, 0.5) is 0 Å². The second-order valence-electron chi connectivity index (χ2n) is 3.22. The second kappa shape index (κ2) is 4.72. The maximum absolute atomic E-state index is 8.66. The van der Waals surface area contributed by atoms with E-state index in [1.165, 1.54) is 16.9 Å². The van der Waals surface area contributed by atoms with Crippen molar-refractivity contribution in [1.82, 2.24) is 4.98 Å². The lowest BCUT2D eigenvalue weighted by atomic mass is 10.1. The molecular formula is C12H10N2S. The van der Waals surface area contributed by atoms with Gasteiger partial charge in [0.1, 0.15) is 10.9 Å². The quantitative estimate of drug-likeness (QED) is 0.787. The van der Waals surface area contributed by atoms with Crippen molar-refractivity contribution in [2.75, 3.05) is 0 Å². The molecule has 0 saturated carbocycles. The molecular weight excluding hydrogens is 204 g/mol. The molecule has 0 atom stereocenters. The molecule has 0 unspecified atom stereocenters. The zero-order chi connectivity index (χ0) is 10.5. The monoisotopic (exact) mass is 214 g/mol. The normalized spacial score (nSPS) is 9.80. The largest absolute Gasteiger partial charge is 0.248 e. The van der Waals surface area contributed by atoms with Crippen LogP contribution in [0.15, 0.2) is 36.5 Å². The molecule has 0 amide bonds. The summed E-state index contributed by atoms with van der Waals surface area (Å²) in [6.45, 7) is 0. The minimum absolute atomic E-state index is 0.693. The molecule has 0 aliphatic carbocycles. The molecule has 0 aliphatic rings. The molecule has 2 nitrogen and oxygen atoms in total. The third kappa shape index (κ3) is 2.64. The Hall–Kier alpha value is -1.66. The number of nitriles is 1. The Morgan fingerprint density at radius 3 is 2.67 bits per heavy atom. The number of hydrogen-bond donors (Lipinski definition) is 0. The average Bonchev–Trinajstić information content (AvgIpc) is 2.76. The second-order valence-corrected chi connectivity index (χ2v) is 4.33. The van der Waals surface area contributed by atoms with Crippen LogP contribution in [0, 0.1) is 11.3 Å². The molecule has 0 N–H and O–H groups in total. The lowest BCUT2D eigenvalue weighted by Crippen LogP contribution is -1.89. The van der Waals surface area contributed by atoms with Crippen LogP contribution in [0.25, 0.3) is 0 Å². The highest BCUT2D eigenvalue weighted by Gasteiger charge is 2.01. The van der Waals surface area contributed by atoms with Crippen molar-refractivity contribution in [3.05, 3.63) is 52.0 Å². The van der Waals surface area contributed by atoms with Gasteiger partial charge in [-0.15, -0.1) is 11.3 Å². The maximum Gasteiger partial charge on any atom is 0.124 e. The van der Waals surface area contributed by atoms with Crippen LogP contribution in [0.1, 0.15) is 15.4 Å². The SMILES string of the molecule is N#Cc1cnc(CCc2ccccc2)s1. The zero-order valence-corrected chi connectivity index (χ0v) is 9.00. The van der Waals surface area contributed by atoms with Gasteiger partial charge in [-0.05, 0) is 12.0 Å². The van der Waals surface area contributed by atoms with E-state index >= 15 is 0 Å². The van der Waals surface area contributed by atoms with E-state index in [4.69, 9.17) is 5.26 Å². The molecule has 2 aromatic rings. The zero-order valence-electron chi connectivity index (χ0n) is 8.18. The Kier molecular flexibility index (Phi) is 3.11. The van der Waals surface area contributed by atoms with Crippen LogP contribution in [-0.4, -0.2) is 4.98 Å². The molecule has 0 bridgehead atoms. The van der Waals surface area contributed by atoms with Crippen LogP contribution in [-0.2, 0) is 12.8 Å². The van der Waals surface area contributed by atoms with Crippen molar-refractivity contribution in [3.63, 3.8) is 0 Å². The standard InChI is InChI=1S/C12H10N2S/c13-8-11-9-14-12(15-11)7-6-10-4-2-1-3-5-10/h1-5,9H,6-7H2. The average molecular weight is 214 g/mol. The lowest BCUT2D eigenvalue weighted by Gasteiger charge is -1.97. The van der Waals surface area contributed by atoms with E-state index in [1.807, 2.05) is 18.2 Å². The predicted molar refractivity (Wildman–Crippen MR) is 60.7 cm³/mol. The van der Waals surface area contributed by atoms with Gasteiger partial charge in [-0.3, -0.25) is 0 Å². The van der Waals surface area contributed by atoms with Crippen molar-refractivity contribution in [1.29, 1.82) is 5.26 Å². The van der Waals surface area contributed by atoms with Crippen molar-refractivity contribution in [2.45, 2.75) is 12.8 Å². The summed E-state index contributed by atoms with van der Waals surface area (Å²) in [5.74, 6) is 0. The summed E-state index contributed by atoms with van der Waals surface area (Å²) in [6.07, 6.45) is 3.54. The molecule has 1 aromatic heterocycles. The Morgan fingerprint density at radius 1 is 1.20 bits per heavy atom. The summed E-state index contributed by atoms with van der Waals surface area (Å²) in [7, 11) is 0. The number of nitrogens with zero attached hydrogens (tertiary/aromatic N) is 2. The van der Waals surface area contributed by atoms with E-state index in [-0.39, 0.29) is 0 Å². The van der Waals surface area contributed by atoms with Crippen LogP contribution in [0.2, 0.25) is 0 Å². The summed E-state index contributed by atoms with van der Waals surface area (Å²) >= 11 is 1.48. The third-order valence-corrected chi connectivity index (χ3v) is 3.10. The van der Waals surface area contributed by atoms with Crippen molar-refractivity contribution >= 4 is 11.3 Å². The molecule has 2 rings (SSSR count). The summed E-state index contributed by atoms with van der Waals surface area (Å²) in [4.78, 5) is 4.89. The van der Waals surface area contributed by atoms with E-state index in [2.05, 4.69) is 23.2 Å². The van der Waals surface area contributed by atoms with Crippen LogP contribution < -0.4 is 0 Å². The number of hydrogen-bond acceptors (Lipinski definition) is 3. The van der Waals surface area contributed by atoms with E-state index in [0.29, 0.717) is 4.88 Å². The van der Waals surface area contributed by atoms with Crippen LogP contribution in [0.5, 0.6) is 0 Å². The number of aryl methyl sites for hydroxylation is 2. The van der Waals surface area contributed by atoms with Gasteiger partial charge in [-0.2, -0.15) is 5.26 Å². The number of aromatic nitrogens is 1. The number of benzene rings is 1. The molecule has 74 valence electrons. The molecule has 0 spiro atoms. The molecule has 0 aliphatic heterocycles. The van der Waals surface area contributed by atoms with Gasteiger partial charge < -0.3 is 0 Å². The van der Waals surface area contributed by atoms with Crippen molar-refractivity contribution in [2.24, 2.45) is 0 Å². The Balaban J connectivity index is 1.97. The van der Waals surface area contributed by atoms with Crippen LogP contribution >= 0.6 is 11.3 Å². The number of rotatable bonds is 3. The van der Waals surface area contributed by atoms with E-state index in [1.54, 1.807) is 6.20 Å². The summed E-state index contributed by atoms with van der Waals surface area (Å²) < 4.78 is 0. The molecule has 15 heavy (non-hydrogen) atoms. The number of thiazole rings is 1. The Morgan fingerprint density at radius 2 is 2.00 bits per heavy atom. The first-order valence-corrected chi connectivity index (χ1v) is 5.59. The molecule has 0 saturated heterocycles. The fraction of sp³-hybridized carbons (Fsp3) is 0.167. The first kappa shape index (κ1) is 9.88. The first-order chi connectivity index (χ1) is 7.38. The highest BCUT2D eigenvalue weighted by atomic mass is 32.1. The van der Waals surface area contributed by atoms with E-state index in [0.717, 1.165) is 17.8 Å². The first-order valence-electron chi connectivity index (χ1n) is 4.77. The lowest BCUT2D eigenvalue weighted by molar-refractivity contribution is 0.944. The van der Waals surface area contributed by atoms with Crippen molar-refractivity contribution < 1.29 is 0 Å². The van der Waals surface area contributed by atoms with Gasteiger partial charge in [0.2, 0.25) is 0 Å². The minimum Gasteiger partial charge on any atom is -0.248 e. The highest BCUT2D eigenvalue weighted by Crippen LogP contribution is 2.14.